The highest BCUT2D eigenvalue weighted by molar-refractivity contribution is 6.05. The van der Waals surface area contributed by atoms with Gasteiger partial charge in [-0.15, -0.1) is 5.10 Å². The largest absolute Gasteiger partial charge is 0.435 e. The highest BCUT2D eigenvalue weighted by atomic mass is 19.4. The standard InChI is InChI=1S/C23H27F3N4O3/c1-22(2)11-17-19(18(32)12-22)20(23(24,25)26)28-30(17)29-21(33)15-5-3-4-6-16(15)27-13-7-9-14(31)10-8-13/h3-6,13-14,27,31H,7-12H2,1-2H3,(H,29,33). The number of ketones is 1. The lowest BCUT2D eigenvalue weighted by atomic mass is 9.75. The monoisotopic (exact) mass is 464 g/mol. The summed E-state index contributed by atoms with van der Waals surface area (Å²) in [5.41, 5.74) is 1.02. The van der Waals surface area contributed by atoms with Crippen LogP contribution in [0, 0.1) is 5.41 Å². The number of halogens is 3. The summed E-state index contributed by atoms with van der Waals surface area (Å²) in [5.74, 6) is -1.26. The van der Waals surface area contributed by atoms with E-state index in [1.807, 2.05) is 0 Å². The molecule has 1 saturated carbocycles. The molecule has 0 unspecified atom stereocenters. The maximum absolute atomic E-state index is 13.6. The molecule has 3 N–H and O–H groups in total. The maximum Gasteiger partial charge on any atom is 0.435 e. The van der Waals surface area contributed by atoms with Gasteiger partial charge in [-0.1, -0.05) is 26.0 Å². The van der Waals surface area contributed by atoms with Crippen LogP contribution in [0.3, 0.4) is 0 Å². The summed E-state index contributed by atoms with van der Waals surface area (Å²) < 4.78 is 40.8. The van der Waals surface area contributed by atoms with Gasteiger partial charge >= 0.3 is 6.18 Å². The van der Waals surface area contributed by atoms with Crippen molar-refractivity contribution in [1.82, 2.24) is 9.89 Å². The number of Topliss-reactive ketones (excluding diaryl/α,β-unsaturated/α-hetero) is 1. The van der Waals surface area contributed by atoms with E-state index in [0.29, 0.717) is 18.5 Å². The van der Waals surface area contributed by atoms with Crippen LogP contribution < -0.4 is 10.7 Å². The van der Waals surface area contributed by atoms with Crippen LogP contribution in [0.2, 0.25) is 0 Å². The van der Waals surface area contributed by atoms with Gasteiger partial charge < -0.3 is 10.4 Å². The number of carbonyl (C=O) groups is 2. The van der Waals surface area contributed by atoms with E-state index in [4.69, 9.17) is 0 Å². The highest BCUT2D eigenvalue weighted by Crippen LogP contribution is 2.40. The predicted octanol–water partition coefficient (Wildman–Crippen LogP) is 4.16. The fourth-order valence-electron chi connectivity index (χ4n) is 4.64. The molecule has 1 heterocycles. The Morgan fingerprint density at radius 2 is 1.82 bits per heavy atom. The molecule has 0 radical (unpaired) electrons. The van der Waals surface area contributed by atoms with Gasteiger partial charge in [0.2, 0.25) is 0 Å². The number of amides is 1. The third kappa shape index (κ3) is 4.90. The third-order valence-corrected chi connectivity index (χ3v) is 6.25. The van der Waals surface area contributed by atoms with Gasteiger partial charge in [0.05, 0.1) is 22.9 Å². The summed E-state index contributed by atoms with van der Waals surface area (Å²) in [5, 5.41) is 16.6. The average molecular weight is 464 g/mol. The van der Waals surface area contributed by atoms with Crippen LogP contribution >= 0.6 is 0 Å². The van der Waals surface area contributed by atoms with Crippen molar-refractivity contribution < 1.29 is 27.9 Å². The number of benzene rings is 1. The molecular weight excluding hydrogens is 437 g/mol. The smallest absolute Gasteiger partial charge is 0.393 e. The van der Waals surface area contributed by atoms with Crippen molar-refractivity contribution in [2.45, 2.75) is 70.7 Å². The van der Waals surface area contributed by atoms with E-state index in [1.165, 1.54) is 0 Å². The third-order valence-electron chi connectivity index (χ3n) is 6.25. The van der Waals surface area contributed by atoms with Crippen LogP contribution in [-0.2, 0) is 12.6 Å². The molecule has 178 valence electrons. The minimum absolute atomic E-state index is 0.0223. The van der Waals surface area contributed by atoms with Gasteiger partial charge in [0.25, 0.3) is 5.91 Å². The van der Waals surface area contributed by atoms with E-state index in [0.717, 1.165) is 17.6 Å². The van der Waals surface area contributed by atoms with Gasteiger partial charge in [-0.25, -0.2) is 5.43 Å². The van der Waals surface area contributed by atoms with Gasteiger partial charge in [-0.3, -0.25) is 9.59 Å². The van der Waals surface area contributed by atoms with Gasteiger partial charge in [0.15, 0.2) is 11.5 Å². The molecule has 0 saturated heterocycles. The number of fused-ring (bicyclic) bond motifs is 1. The lowest BCUT2D eigenvalue weighted by Gasteiger charge is -2.29. The molecule has 2 aromatic rings. The average Bonchev–Trinajstić information content (AvgIpc) is 3.08. The zero-order valence-corrected chi connectivity index (χ0v) is 18.5. The number of anilines is 1. The van der Waals surface area contributed by atoms with Crippen molar-refractivity contribution in [2.24, 2.45) is 5.41 Å². The van der Waals surface area contributed by atoms with E-state index < -0.39 is 34.5 Å². The van der Waals surface area contributed by atoms with E-state index in [-0.39, 0.29) is 36.2 Å². The first kappa shape index (κ1) is 23.3. The van der Waals surface area contributed by atoms with Crippen LogP contribution in [-0.4, -0.2) is 38.8 Å². The van der Waals surface area contributed by atoms with Crippen molar-refractivity contribution in [2.75, 3.05) is 10.7 Å². The van der Waals surface area contributed by atoms with Crippen LogP contribution in [0.25, 0.3) is 0 Å². The molecule has 33 heavy (non-hydrogen) atoms. The number of aliphatic hydroxyl groups is 1. The molecule has 1 amide bonds. The summed E-state index contributed by atoms with van der Waals surface area (Å²) in [7, 11) is 0. The number of aliphatic hydroxyl groups excluding tert-OH is 1. The molecule has 0 aliphatic heterocycles. The lowest BCUT2D eigenvalue weighted by Crippen LogP contribution is -2.33. The molecule has 1 fully saturated rings. The molecule has 2 aliphatic rings. The van der Waals surface area contributed by atoms with Crippen LogP contribution in [0.4, 0.5) is 18.9 Å². The number of nitrogens with one attached hydrogen (secondary N) is 2. The molecule has 0 atom stereocenters. The summed E-state index contributed by atoms with van der Waals surface area (Å²) in [4.78, 5) is 26.5. The lowest BCUT2D eigenvalue weighted by molar-refractivity contribution is -0.141. The van der Waals surface area contributed by atoms with Crippen LogP contribution in [0.15, 0.2) is 24.3 Å². The van der Waals surface area contributed by atoms with Crippen molar-refractivity contribution >= 4 is 17.4 Å². The van der Waals surface area contributed by atoms with Crippen molar-refractivity contribution in [3.8, 4) is 0 Å². The molecule has 7 nitrogen and oxygen atoms in total. The molecule has 10 heteroatoms. The van der Waals surface area contributed by atoms with Gasteiger partial charge in [-0.05, 0) is 49.7 Å². The zero-order valence-electron chi connectivity index (χ0n) is 18.5. The number of carbonyl (C=O) groups excluding carboxylic acids is 2. The zero-order chi connectivity index (χ0) is 24.0. The first-order valence-electron chi connectivity index (χ1n) is 11.0. The van der Waals surface area contributed by atoms with E-state index in [1.54, 1.807) is 38.1 Å². The number of para-hydroxylation sites is 1. The Balaban J connectivity index is 1.63. The summed E-state index contributed by atoms with van der Waals surface area (Å²) in [6.07, 6.45) is -2.17. The number of hydrogen-bond acceptors (Lipinski definition) is 5. The Morgan fingerprint density at radius 3 is 2.48 bits per heavy atom. The molecule has 0 spiro atoms. The van der Waals surface area contributed by atoms with Crippen molar-refractivity contribution in [3.05, 3.63) is 46.8 Å². The van der Waals surface area contributed by atoms with Gasteiger partial charge in [-0.2, -0.15) is 18.0 Å². The second kappa shape index (κ2) is 8.48. The second-order valence-electron chi connectivity index (χ2n) is 9.66. The number of aromatic nitrogens is 2. The number of rotatable bonds is 4. The SMILES string of the molecule is CC1(C)CC(=O)c2c(C(F)(F)F)nn(NC(=O)c3ccccc3NC3CCC(O)CC3)c2C1. The molecular formula is C23H27F3N4O3. The molecule has 1 aromatic carbocycles. The molecule has 4 rings (SSSR count). The fourth-order valence-corrected chi connectivity index (χ4v) is 4.64. The highest BCUT2D eigenvalue weighted by Gasteiger charge is 2.45. The van der Waals surface area contributed by atoms with Gasteiger partial charge in [0, 0.05) is 18.2 Å². The number of nitrogens with zero attached hydrogens (tertiary/aromatic N) is 2. The first-order chi connectivity index (χ1) is 15.4. The molecule has 1 aromatic heterocycles. The second-order valence-corrected chi connectivity index (χ2v) is 9.66. The van der Waals surface area contributed by atoms with E-state index >= 15 is 0 Å². The van der Waals surface area contributed by atoms with Crippen LogP contribution in [0.1, 0.15) is 78.1 Å². The Bertz CT molecular complexity index is 1070. The Labute approximate surface area is 189 Å². The fraction of sp³-hybridized carbons (Fsp3) is 0.522. The summed E-state index contributed by atoms with van der Waals surface area (Å²) >= 11 is 0. The minimum Gasteiger partial charge on any atom is -0.393 e. The summed E-state index contributed by atoms with van der Waals surface area (Å²) in [6.45, 7) is 3.58. The van der Waals surface area contributed by atoms with Crippen molar-refractivity contribution in [3.63, 3.8) is 0 Å². The Kier molecular flexibility index (Phi) is 5.98. The maximum atomic E-state index is 13.6. The number of hydrogen-bond donors (Lipinski definition) is 3. The van der Waals surface area contributed by atoms with E-state index in [9.17, 15) is 27.9 Å². The topological polar surface area (TPSA) is 96.2 Å². The Hall–Kier alpha value is -2.88. The number of alkyl halides is 3. The quantitative estimate of drug-likeness (QED) is 0.632. The first-order valence-corrected chi connectivity index (χ1v) is 11.0. The van der Waals surface area contributed by atoms with Gasteiger partial charge in [0.1, 0.15) is 0 Å². The molecule has 0 bridgehead atoms. The summed E-state index contributed by atoms with van der Waals surface area (Å²) in [6, 6.07) is 6.80. The van der Waals surface area contributed by atoms with Crippen molar-refractivity contribution in [1.29, 1.82) is 0 Å². The molecule has 2 aliphatic carbocycles. The van der Waals surface area contributed by atoms with Crippen LogP contribution in [0.5, 0.6) is 0 Å². The minimum atomic E-state index is -4.82. The Morgan fingerprint density at radius 1 is 1.15 bits per heavy atom. The van der Waals surface area contributed by atoms with E-state index in [2.05, 4.69) is 15.8 Å². The predicted molar refractivity (Wildman–Crippen MR) is 116 cm³/mol. The normalized spacial score (nSPS) is 22.5.